The molecule has 0 atom stereocenters. The second kappa shape index (κ2) is 6.49. The third kappa shape index (κ3) is 3.39. The maximum Gasteiger partial charge on any atom is 0.251 e. The molecule has 0 radical (unpaired) electrons. The summed E-state index contributed by atoms with van der Waals surface area (Å²) in [5.41, 5.74) is 6.68. The molecule has 2 rings (SSSR count). The molecule has 1 aliphatic heterocycles. The number of carbonyl (C=O) groups is 2. The average molecular weight is 307 g/mol. The number of hydrogen-bond acceptors (Lipinski definition) is 4. The van der Waals surface area contributed by atoms with Gasteiger partial charge in [-0.25, -0.2) is 0 Å². The fourth-order valence-electron chi connectivity index (χ4n) is 2.30. The molecule has 0 aromatic heterocycles. The van der Waals surface area contributed by atoms with Gasteiger partial charge in [0.1, 0.15) is 0 Å². The highest BCUT2D eigenvalue weighted by atomic mass is 32.2. The SMILES string of the molecule is CCC(CC)(CN)NC(=O)c1ccc2c(c1)NC(=O)CS2. The molecule has 1 heterocycles. The van der Waals surface area contributed by atoms with Gasteiger partial charge in [0.25, 0.3) is 5.91 Å². The maximum absolute atomic E-state index is 12.4. The van der Waals surface area contributed by atoms with E-state index in [1.54, 1.807) is 12.1 Å². The quantitative estimate of drug-likeness (QED) is 0.776. The molecule has 0 aliphatic carbocycles. The molecule has 0 unspecified atom stereocenters. The number of anilines is 1. The molecule has 0 saturated carbocycles. The van der Waals surface area contributed by atoms with E-state index in [2.05, 4.69) is 10.6 Å². The van der Waals surface area contributed by atoms with E-state index < -0.39 is 0 Å². The van der Waals surface area contributed by atoms with Gasteiger partial charge in [0.15, 0.2) is 0 Å². The molecule has 5 nitrogen and oxygen atoms in total. The number of hydrogen-bond donors (Lipinski definition) is 3. The molecule has 114 valence electrons. The number of benzene rings is 1. The molecular formula is C15H21N3O2S. The van der Waals surface area contributed by atoms with Crippen molar-refractivity contribution in [2.45, 2.75) is 37.1 Å². The lowest BCUT2D eigenvalue weighted by Gasteiger charge is -2.31. The highest BCUT2D eigenvalue weighted by Crippen LogP contribution is 2.32. The van der Waals surface area contributed by atoms with Crippen LogP contribution in [0.15, 0.2) is 23.1 Å². The Kier molecular flexibility index (Phi) is 4.90. The van der Waals surface area contributed by atoms with Gasteiger partial charge in [0.2, 0.25) is 5.91 Å². The summed E-state index contributed by atoms with van der Waals surface area (Å²) in [5, 5.41) is 5.83. The summed E-state index contributed by atoms with van der Waals surface area (Å²) in [6.07, 6.45) is 1.56. The van der Waals surface area contributed by atoms with E-state index in [9.17, 15) is 9.59 Å². The van der Waals surface area contributed by atoms with Crippen molar-refractivity contribution in [1.29, 1.82) is 0 Å². The van der Waals surface area contributed by atoms with Crippen molar-refractivity contribution in [3.05, 3.63) is 23.8 Å². The Balaban J connectivity index is 2.20. The fraction of sp³-hybridized carbons (Fsp3) is 0.467. The normalized spacial score (nSPS) is 14.3. The van der Waals surface area contributed by atoms with Gasteiger partial charge in [-0.1, -0.05) is 13.8 Å². The zero-order valence-electron chi connectivity index (χ0n) is 12.4. The summed E-state index contributed by atoms with van der Waals surface area (Å²) in [5.74, 6) is 0.223. The smallest absolute Gasteiger partial charge is 0.251 e. The van der Waals surface area contributed by atoms with Crippen molar-refractivity contribution in [3.63, 3.8) is 0 Å². The fourth-order valence-corrected chi connectivity index (χ4v) is 3.09. The molecule has 0 spiro atoms. The molecule has 0 fully saturated rings. The lowest BCUT2D eigenvalue weighted by atomic mass is 9.92. The highest BCUT2D eigenvalue weighted by Gasteiger charge is 2.27. The third-order valence-corrected chi connectivity index (χ3v) is 5.07. The predicted octanol–water partition coefficient (Wildman–Crippen LogP) is 1.98. The van der Waals surface area contributed by atoms with Gasteiger partial charge in [-0.2, -0.15) is 0 Å². The Labute approximate surface area is 129 Å². The first kappa shape index (κ1) is 15.9. The number of nitrogens with two attached hydrogens (primary N) is 1. The van der Waals surface area contributed by atoms with Crippen LogP contribution in [0.1, 0.15) is 37.0 Å². The molecule has 6 heteroatoms. The van der Waals surface area contributed by atoms with Gasteiger partial charge >= 0.3 is 0 Å². The molecule has 1 aromatic carbocycles. The van der Waals surface area contributed by atoms with E-state index in [0.29, 0.717) is 23.5 Å². The highest BCUT2D eigenvalue weighted by molar-refractivity contribution is 8.00. The number of rotatable bonds is 5. The summed E-state index contributed by atoms with van der Waals surface area (Å²) in [4.78, 5) is 24.8. The van der Waals surface area contributed by atoms with Gasteiger partial charge < -0.3 is 16.4 Å². The Morgan fingerprint density at radius 2 is 2.14 bits per heavy atom. The zero-order chi connectivity index (χ0) is 15.5. The third-order valence-electron chi connectivity index (χ3n) is 4.00. The first-order valence-corrected chi connectivity index (χ1v) is 8.11. The number of amides is 2. The Hall–Kier alpha value is -1.53. The van der Waals surface area contributed by atoms with Crippen LogP contribution in [0.25, 0.3) is 0 Å². The van der Waals surface area contributed by atoms with Crippen LogP contribution < -0.4 is 16.4 Å². The molecule has 0 bridgehead atoms. The number of nitrogens with one attached hydrogen (secondary N) is 2. The number of thioether (sulfide) groups is 1. The number of fused-ring (bicyclic) bond motifs is 1. The van der Waals surface area contributed by atoms with Crippen molar-refractivity contribution in [3.8, 4) is 0 Å². The summed E-state index contributed by atoms with van der Waals surface area (Å²) in [6.45, 7) is 4.43. The van der Waals surface area contributed by atoms with Gasteiger partial charge in [0, 0.05) is 17.0 Å². The molecule has 21 heavy (non-hydrogen) atoms. The van der Waals surface area contributed by atoms with Crippen LogP contribution in [0.3, 0.4) is 0 Å². The summed E-state index contributed by atoms with van der Waals surface area (Å²) in [6, 6.07) is 5.38. The van der Waals surface area contributed by atoms with Crippen LogP contribution in [-0.4, -0.2) is 29.7 Å². The summed E-state index contributed by atoms with van der Waals surface area (Å²) >= 11 is 1.48. The van der Waals surface area contributed by atoms with Crippen LogP contribution in [0.4, 0.5) is 5.69 Å². The lowest BCUT2D eigenvalue weighted by Crippen LogP contribution is -2.52. The van der Waals surface area contributed by atoms with Gasteiger partial charge in [-0.05, 0) is 31.0 Å². The number of carbonyl (C=O) groups excluding carboxylic acids is 2. The van der Waals surface area contributed by atoms with Crippen LogP contribution in [-0.2, 0) is 4.79 Å². The van der Waals surface area contributed by atoms with Crippen molar-refractivity contribution >= 4 is 29.3 Å². The minimum atomic E-state index is -0.370. The van der Waals surface area contributed by atoms with E-state index in [1.807, 2.05) is 19.9 Å². The summed E-state index contributed by atoms with van der Waals surface area (Å²) < 4.78 is 0. The molecule has 1 aromatic rings. The van der Waals surface area contributed by atoms with Gasteiger partial charge in [-0.3, -0.25) is 9.59 Å². The van der Waals surface area contributed by atoms with Crippen LogP contribution in [0, 0.1) is 0 Å². The van der Waals surface area contributed by atoms with Crippen LogP contribution in [0.2, 0.25) is 0 Å². The largest absolute Gasteiger partial charge is 0.345 e. The van der Waals surface area contributed by atoms with E-state index in [4.69, 9.17) is 5.73 Å². The maximum atomic E-state index is 12.4. The van der Waals surface area contributed by atoms with Crippen LogP contribution >= 0.6 is 11.8 Å². The van der Waals surface area contributed by atoms with Crippen molar-refractivity contribution in [1.82, 2.24) is 5.32 Å². The van der Waals surface area contributed by atoms with E-state index >= 15 is 0 Å². The average Bonchev–Trinajstić information content (AvgIpc) is 2.51. The monoisotopic (exact) mass is 307 g/mol. The molecular weight excluding hydrogens is 286 g/mol. The minimum Gasteiger partial charge on any atom is -0.345 e. The van der Waals surface area contributed by atoms with Crippen molar-refractivity contribution in [2.24, 2.45) is 5.73 Å². The first-order chi connectivity index (χ1) is 10.0. The molecule has 4 N–H and O–H groups in total. The van der Waals surface area contributed by atoms with Crippen LogP contribution in [0.5, 0.6) is 0 Å². The lowest BCUT2D eigenvalue weighted by molar-refractivity contribution is -0.113. The molecule has 2 amide bonds. The topological polar surface area (TPSA) is 84.2 Å². The predicted molar refractivity (Wildman–Crippen MR) is 85.6 cm³/mol. The first-order valence-electron chi connectivity index (χ1n) is 7.13. The molecule has 0 saturated heterocycles. The van der Waals surface area contributed by atoms with E-state index in [1.165, 1.54) is 11.8 Å². The van der Waals surface area contributed by atoms with Crippen molar-refractivity contribution in [2.75, 3.05) is 17.6 Å². The zero-order valence-corrected chi connectivity index (χ0v) is 13.2. The minimum absolute atomic E-state index is 0.0384. The van der Waals surface area contributed by atoms with E-state index in [0.717, 1.165) is 17.7 Å². The molecule has 1 aliphatic rings. The van der Waals surface area contributed by atoms with E-state index in [-0.39, 0.29) is 17.4 Å². The summed E-state index contributed by atoms with van der Waals surface area (Å²) in [7, 11) is 0. The van der Waals surface area contributed by atoms with Gasteiger partial charge in [-0.15, -0.1) is 11.8 Å². The second-order valence-corrected chi connectivity index (χ2v) is 6.21. The van der Waals surface area contributed by atoms with Gasteiger partial charge in [0.05, 0.1) is 17.0 Å². The Morgan fingerprint density at radius 1 is 1.43 bits per heavy atom. The second-order valence-electron chi connectivity index (χ2n) is 5.19. The standard InChI is InChI=1S/C15H21N3O2S/c1-3-15(4-2,9-16)18-14(20)10-5-6-12-11(7-10)17-13(19)8-21-12/h5-7H,3-4,8-9,16H2,1-2H3,(H,17,19)(H,18,20). The Morgan fingerprint density at radius 3 is 2.76 bits per heavy atom. The Bertz CT molecular complexity index is 548. The van der Waals surface area contributed by atoms with Crippen molar-refractivity contribution < 1.29 is 9.59 Å².